The summed E-state index contributed by atoms with van der Waals surface area (Å²) in [6.07, 6.45) is 0. The second-order valence-corrected chi connectivity index (χ2v) is 5.58. The van der Waals surface area contributed by atoms with Gasteiger partial charge in [-0.3, -0.25) is 4.79 Å². The largest absolute Gasteiger partial charge is 0.494 e. The van der Waals surface area contributed by atoms with Crippen molar-refractivity contribution in [3.05, 3.63) is 59.7 Å². The van der Waals surface area contributed by atoms with Crippen molar-refractivity contribution < 1.29 is 18.3 Å². The van der Waals surface area contributed by atoms with Crippen molar-refractivity contribution in [1.29, 1.82) is 0 Å². The molecule has 0 spiro atoms. The summed E-state index contributed by atoms with van der Waals surface area (Å²) in [6.45, 7) is 1.98. The van der Waals surface area contributed by atoms with Crippen LogP contribution in [0.5, 0.6) is 5.75 Å². The second-order valence-electron chi connectivity index (χ2n) is 5.58. The van der Waals surface area contributed by atoms with Gasteiger partial charge in [0.25, 0.3) is 5.91 Å². The monoisotopic (exact) mass is 332 g/mol. The maximum atomic E-state index is 13.8. The number of para-hydroxylation sites is 1. The number of halogens is 2. The number of anilines is 1. The lowest BCUT2D eigenvalue weighted by Crippen LogP contribution is -2.49. The molecule has 4 nitrogen and oxygen atoms in total. The Labute approximate surface area is 139 Å². The summed E-state index contributed by atoms with van der Waals surface area (Å²) in [5, 5.41) is 0. The van der Waals surface area contributed by atoms with Gasteiger partial charge in [-0.25, -0.2) is 8.78 Å². The molecule has 1 aliphatic heterocycles. The number of ether oxygens (including phenoxy) is 1. The van der Waals surface area contributed by atoms with Gasteiger partial charge in [-0.05, 0) is 30.3 Å². The van der Waals surface area contributed by atoms with Crippen LogP contribution in [0.4, 0.5) is 14.5 Å². The van der Waals surface area contributed by atoms with Crippen molar-refractivity contribution in [1.82, 2.24) is 4.90 Å². The smallest absolute Gasteiger partial charge is 0.254 e. The number of rotatable bonds is 3. The molecule has 0 atom stereocenters. The van der Waals surface area contributed by atoms with Crippen LogP contribution in [0, 0.1) is 11.6 Å². The fourth-order valence-electron chi connectivity index (χ4n) is 2.84. The van der Waals surface area contributed by atoms with Gasteiger partial charge in [0.1, 0.15) is 5.82 Å². The number of benzene rings is 2. The highest BCUT2D eigenvalue weighted by Gasteiger charge is 2.24. The molecule has 0 bridgehead atoms. The Bertz CT molecular complexity index is 744. The molecule has 1 saturated heterocycles. The van der Waals surface area contributed by atoms with E-state index in [1.165, 1.54) is 25.3 Å². The number of methoxy groups -OCH3 is 1. The molecule has 0 N–H and O–H groups in total. The lowest BCUT2D eigenvalue weighted by molar-refractivity contribution is 0.0746. The van der Waals surface area contributed by atoms with Crippen molar-refractivity contribution >= 4 is 11.6 Å². The van der Waals surface area contributed by atoms with Gasteiger partial charge in [0.2, 0.25) is 0 Å². The van der Waals surface area contributed by atoms with Crippen molar-refractivity contribution in [3.8, 4) is 5.75 Å². The van der Waals surface area contributed by atoms with Crippen molar-refractivity contribution in [2.75, 3.05) is 38.2 Å². The molecule has 2 aromatic rings. The Morgan fingerprint density at radius 1 is 1.00 bits per heavy atom. The van der Waals surface area contributed by atoms with Crippen LogP contribution in [0.25, 0.3) is 0 Å². The lowest BCUT2D eigenvalue weighted by atomic mass is 10.1. The van der Waals surface area contributed by atoms with Crippen molar-refractivity contribution in [2.24, 2.45) is 0 Å². The quantitative estimate of drug-likeness (QED) is 0.866. The summed E-state index contributed by atoms with van der Waals surface area (Å²) in [6, 6.07) is 10.8. The summed E-state index contributed by atoms with van der Waals surface area (Å²) in [4.78, 5) is 16.0. The van der Waals surface area contributed by atoms with E-state index in [9.17, 15) is 13.6 Å². The maximum absolute atomic E-state index is 13.8. The van der Waals surface area contributed by atoms with E-state index in [1.54, 1.807) is 29.2 Å². The first kappa shape index (κ1) is 16.2. The average molecular weight is 332 g/mol. The molecule has 6 heteroatoms. The molecule has 0 aromatic heterocycles. The molecule has 0 aliphatic carbocycles. The second kappa shape index (κ2) is 6.86. The summed E-state index contributed by atoms with van der Waals surface area (Å²) >= 11 is 0. The minimum Gasteiger partial charge on any atom is -0.494 e. The highest BCUT2D eigenvalue weighted by atomic mass is 19.1. The molecule has 1 aliphatic rings. The number of hydrogen-bond donors (Lipinski definition) is 0. The minimum atomic E-state index is -0.562. The fourth-order valence-corrected chi connectivity index (χ4v) is 2.84. The van der Waals surface area contributed by atoms with Gasteiger partial charge >= 0.3 is 0 Å². The van der Waals surface area contributed by atoms with E-state index in [2.05, 4.69) is 0 Å². The molecule has 0 unspecified atom stereocenters. The van der Waals surface area contributed by atoms with Crippen LogP contribution in [0.1, 0.15) is 10.4 Å². The third kappa shape index (κ3) is 3.18. The first-order valence-electron chi connectivity index (χ1n) is 7.72. The Balaban J connectivity index is 1.67. The zero-order valence-electron chi connectivity index (χ0n) is 13.3. The summed E-state index contributed by atoms with van der Waals surface area (Å²) < 4.78 is 32.5. The third-order valence-electron chi connectivity index (χ3n) is 4.16. The Morgan fingerprint density at radius 3 is 2.33 bits per heavy atom. The topological polar surface area (TPSA) is 32.8 Å². The molecule has 0 radical (unpaired) electrons. The number of piperazine rings is 1. The van der Waals surface area contributed by atoms with Crippen LogP contribution in [-0.4, -0.2) is 44.1 Å². The molecule has 0 saturated carbocycles. The molecule has 3 rings (SSSR count). The Morgan fingerprint density at radius 2 is 1.71 bits per heavy atom. The maximum Gasteiger partial charge on any atom is 0.254 e. The van der Waals surface area contributed by atoms with Gasteiger partial charge in [0.05, 0.1) is 12.8 Å². The highest BCUT2D eigenvalue weighted by molar-refractivity contribution is 5.94. The van der Waals surface area contributed by atoms with Crippen LogP contribution >= 0.6 is 0 Å². The third-order valence-corrected chi connectivity index (χ3v) is 4.16. The molecule has 1 fully saturated rings. The molecule has 1 heterocycles. The van der Waals surface area contributed by atoms with E-state index < -0.39 is 5.82 Å². The van der Waals surface area contributed by atoms with E-state index in [4.69, 9.17) is 4.74 Å². The van der Waals surface area contributed by atoms with E-state index in [0.717, 1.165) is 0 Å². The normalized spacial score (nSPS) is 14.6. The average Bonchev–Trinajstić information content (AvgIpc) is 2.61. The van der Waals surface area contributed by atoms with Gasteiger partial charge in [0, 0.05) is 31.7 Å². The molecule has 126 valence electrons. The van der Waals surface area contributed by atoms with E-state index in [-0.39, 0.29) is 23.0 Å². The number of carbonyl (C=O) groups excluding carboxylic acids is 1. The SMILES string of the molecule is COc1ccc(C(=O)N2CCN(c3ccccc3F)CC2)cc1F. The number of carbonyl (C=O) groups is 1. The van der Waals surface area contributed by atoms with Crippen LogP contribution < -0.4 is 9.64 Å². The van der Waals surface area contributed by atoms with Crippen LogP contribution in [-0.2, 0) is 0 Å². The molecule has 1 amide bonds. The first-order chi connectivity index (χ1) is 11.6. The number of amides is 1. The van der Waals surface area contributed by atoms with E-state index in [1.807, 2.05) is 4.90 Å². The van der Waals surface area contributed by atoms with E-state index in [0.29, 0.717) is 31.9 Å². The summed E-state index contributed by atoms with van der Waals surface area (Å²) in [5.74, 6) is -0.955. The Hall–Kier alpha value is -2.63. The zero-order valence-corrected chi connectivity index (χ0v) is 13.3. The zero-order chi connectivity index (χ0) is 17.1. The van der Waals surface area contributed by atoms with Gasteiger partial charge < -0.3 is 14.5 Å². The predicted molar refractivity (Wildman–Crippen MR) is 87.5 cm³/mol. The fraction of sp³-hybridized carbons (Fsp3) is 0.278. The highest BCUT2D eigenvalue weighted by Crippen LogP contribution is 2.22. The summed E-state index contributed by atoms with van der Waals surface area (Å²) in [7, 11) is 1.38. The van der Waals surface area contributed by atoms with Crippen molar-refractivity contribution in [3.63, 3.8) is 0 Å². The van der Waals surface area contributed by atoms with Gasteiger partial charge in [-0.15, -0.1) is 0 Å². The lowest BCUT2D eigenvalue weighted by Gasteiger charge is -2.36. The van der Waals surface area contributed by atoms with Crippen molar-refractivity contribution in [2.45, 2.75) is 0 Å². The molecule has 24 heavy (non-hydrogen) atoms. The number of nitrogens with zero attached hydrogens (tertiary/aromatic N) is 2. The first-order valence-corrected chi connectivity index (χ1v) is 7.72. The van der Waals surface area contributed by atoms with Crippen LogP contribution in [0.2, 0.25) is 0 Å². The van der Waals surface area contributed by atoms with Gasteiger partial charge in [-0.1, -0.05) is 12.1 Å². The van der Waals surface area contributed by atoms with Gasteiger partial charge in [-0.2, -0.15) is 0 Å². The standard InChI is InChI=1S/C18H18F2N2O2/c1-24-17-7-6-13(12-15(17)20)18(23)22-10-8-21(9-11-22)16-5-3-2-4-14(16)19/h2-7,12H,8-11H2,1H3. The van der Waals surface area contributed by atoms with Gasteiger partial charge in [0.15, 0.2) is 11.6 Å². The Kier molecular flexibility index (Phi) is 4.64. The molecular weight excluding hydrogens is 314 g/mol. The molecule has 2 aromatic carbocycles. The summed E-state index contributed by atoms with van der Waals surface area (Å²) in [5.41, 5.74) is 0.827. The van der Waals surface area contributed by atoms with Crippen LogP contribution in [0.15, 0.2) is 42.5 Å². The van der Waals surface area contributed by atoms with E-state index >= 15 is 0 Å². The predicted octanol–water partition coefficient (Wildman–Crippen LogP) is 2.94. The van der Waals surface area contributed by atoms with Crippen LogP contribution in [0.3, 0.4) is 0 Å². The minimum absolute atomic E-state index is 0.107. The molecular formula is C18H18F2N2O2. The number of hydrogen-bond acceptors (Lipinski definition) is 3.